The van der Waals surface area contributed by atoms with Crippen LogP contribution in [0.1, 0.15) is 49.0 Å². The fourth-order valence-electron chi connectivity index (χ4n) is 2.58. The Balaban J connectivity index is 1.75. The summed E-state index contributed by atoms with van der Waals surface area (Å²) in [5, 5.41) is 7.31. The molecule has 2 aromatic rings. The third-order valence-corrected chi connectivity index (χ3v) is 3.75. The molecule has 1 aliphatic heterocycles. The van der Waals surface area contributed by atoms with Crippen LogP contribution in [0, 0.1) is 11.6 Å². The molecule has 0 saturated carbocycles. The van der Waals surface area contributed by atoms with E-state index in [0.717, 1.165) is 25.8 Å². The monoisotopic (exact) mass is 293 g/mol. The molecule has 1 saturated heterocycles. The van der Waals surface area contributed by atoms with Crippen molar-refractivity contribution in [3.05, 3.63) is 47.1 Å². The Hall–Kier alpha value is -1.82. The predicted molar refractivity (Wildman–Crippen MR) is 72.7 cm³/mol. The van der Waals surface area contributed by atoms with E-state index in [1.165, 1.54) is 24.6 Å². The van der Waals surface area contributed by atoms with E-state index in [1.54, 1.807) is 0 Å². The van der Waals surface area contributed by atoms with Gasteiger partial charge in [0.1, 0.15) is 11.6 Å². The standard InChI is InChI=1S/C15H17F2N3O/c16-11-5-4-6-12(17)10(11)9-14-19-15(20-21-14)13-7-2-1-3-8-18-13/h4-6,13,18H,1-3,7-9H2. The minimum atomic E-state index is -0.595. The van der Waals surface area contributed by atoms with Gasteiger partial charge in [-0.25, -0.2) is 8.78 Å². The Morgan fingerprint density at radius 1 is 1.19 bits per heavy atom. The maximum Gasteiger partial charge on any atom is 0.231 e. The number of nitrogens with zero attached hydrogens (tertiary/aromatic N) is 2. The summed E-state index contributed by atoms with van der Waals surface area (Å²) in [6, 6.07) is 3.85. The molecule has 21 heavy (non-hydrogen) atoms. The molecule has 4 nitrogen and oxygen atoms in total. The first-order valence-electron chi connectivity index (χ1n) is 7.23. The summed E-state index contributed by atoms with van der Waals surface area (Å²) in [5.74, 6) is -0.381. The Labute approximate surface area is 121 Å². The molecule has 6 heteroatoms. The molecule has 1 unspecified atom stereocenters. The van der Waals surface area contributed by atoms with E-state index >= 15 is 0 Å². The van der Waals surface area contributed by atoms with Crippen molar-refractivity contribution in [1.82, 2.24) is 15.5 Å². The predicted octanol–water partition coefficient (Wildman–Crippen LogP) is 3.14. The first kappa shape index (κ1) is 14.1. The Morgan fingerprint density at radius 2 is 2.00 bits per heavy atom. The van der Waals surface area contributed by atoms with Crippen LogP contribution >= 0.6 is 0 Å². The van der Waals surface area contributed by atoms with Gasteiger partial charge in [-0.2, -0.15) is 4.98 Å². The third kappa shape index (κ3) is 3.26. The molecule has 2 heterocycles. The van der Waals surface area contributed by atoms with Gasteiger partial charge in [-0.1, -0.05) is 24.1 Å². The number of hydrogen-bond donors (Lipinski definition) is 1. The van der Waals surface area contributed by atoms with Crippen LogP contribution in [0.25, 0.3) is 0 Å². The van der Waals surface area contributed by atoms with Crippen molar-refractivity contribution in [3.8, 4) is 0 Å². The van der Waals surface area contributed by atoms with E-state index in [-0.39, 0.29) is 23.9 Å². The zero-order valence-corrected chi connectivity index (χ0v) is 11.6. The summed E-state index contributed by atoms with van der Waals surface area (Å²) < 4.78 is 32.4. The number of hydrogen-bond acceptors (Lipinski definition) is 4. The second kappa shape index (κ2) is 6.30. The van der Waals surface area contributed by atoms with Gasteiger partial charge in [-0.3, -0.25) is 0 Å². The highest BCUT2D eigenvalue weighted by atomic mass is 19.1. The summed E-state index contributed by atoms with van der Waals surface area (Å²) in [6.45, 7) is 0.927. The molecule has 0 aliphatic carbocycles. The lowest BCUT2D eigenvalue weighted by atomic mass is 10.1. The third-order valence-electron chi connectivity index (χ3n) is 3.75. The van der Waals surface area contributed by atoms with Crippen molar-refractivity contribution in [2.45, 2.75) is 38.1 Å². The van der Waals surface area contributed by atoms with Crippen molar-refractivity contribution < 1.29 is 13.3 Å². The highest BCUT2D eigenvalue weighted by Crippen LogP contribution is 2.22. The zero-order chi connectivity index (χ0) is 14.7. The topological polar surface area (TPSA) is 51.0 Å². The van der Waals surface area contributed by atoms with Gasteiger partial charge < -0.3 is 9.84 Å². The van der Waals surface area contributed by atoms with Crippen LogP contribution in [0.4, 0.5) is 8.78 Å². The van der Waals surface area contributed by atoms with Crippen molar-refractivity contribution in [2.24, 2.45) is 0 Å². The van der Waals surface area contributed by atoms with Gasteiger partial charge in [-0.05, 0) is 31.5 Å². The van der Waals surface area contributed by atoms with Gasteiger partial charge in [0.05, 0.1) is 12.5 Å². The number of aromatic nitrogens is 2. The lowest BCUT2D eigenvalue weighted by Crippen LogP contribution is -2.21. The minimum absolute atomic E-state index is 0.0295. The van der Waals surface area contributed by atoms with E-state index < -0.39 is 11.6 Å². The molecule has 1 aromatic heterocycles. The van der Waals surface area contributed by atoms with Crippen LogP contribution in [0.5, 0.6) is 0 Å². The fraction of sp³-hybridized carbons (Fsp3) is 0.467. The molecule has 0 radical (unpaired) electrons. The van der Waals surface area contributed by atoms with Crippen molar-refractivity contribution >= 4 is 0 Å². The highest BCUT2D eigenvalue weighted by Gasteiger charge is 2.20. The van der Waals surface area contributed by atoms with Crippen LogP contribution in [0.2, 0.25) is 0 Å². The molecule has 0 amide bonds. The van der Waals surface area contributed by atoms with E-state index in [0.29, 0.717) is 5.82 Å². The number of halogens is 2. The zero-order valence-electron chi connectivity index (χ0n) is 11.6. The van der Waals surface area contributed by atoms with Gasteiger partial charge in [-0.15, -0.1) is 0 Å². The van der Waals surface area contributed by atoms with E-state index in [2.05, 4.69) is 15.5 Å². The van der Waals surface area contributed by atoms with Crippen LogP contribution < -0.4 is 5.32 Å². The fourth-order valence-corrected chi connectivity index (χ4v) is 2.58. The average molecular weight is 293 g/mol. The molecule has 1 aromatic carbocycles. The lowest BCUT2D eigenvalue weighted by Gasteiger charge is -2.09. The molecule has 1 aliphatic rings. The second-order valence-electron chi connectivity index (χ2n) is 5.28. The second-order valence-corrected chi connectivity index (χ2v) is 5.28. The molecule has 1 atom stereocenters. The summed E-state index contributed by atoms with van der Waals surface area (Å²) in [6.07, 6.45) is 4.37. The number of nitrogens with one attached hydrogen (secondary N) is 1. The highest BCUT2D eigenvalue weighted by molar-refractivity contribution is 5.22. The summed E-state index contributed by atoms with van der Waals surface area (Å²) in [4.78, 5) is 4.28. The molecule has 0 bridgehead atoms. The molecule has 3 rings (SSSR count). The average Bonchev–Trinajstić information content (AvgIpc) is 2.76. The normalized spacial score (nSPS) is 19.4. The largest absolute Gasteiger partial charge is 0.339 e. The quantitative estimate of drug-likeness (QED) is 0.944. The first-order valence-corrected chi connectivity index (χ1v) is 7.23. The maximum absolute atomic E-state index is 13.6. The van der Waals surface area contributed by atoms with Crippen molar-refractivity contribution in [1.29, 1.82) is 0 Å². The lowest BCUT2D eigenvalue weighted by molar-refractivity contribution is 0.366. The smallest absolute Gasteiger partial charge is 0.231 e. The summed E-state index contributed by atoms with van der Waals surface area (Å²) in [7, 11) is 0. The Kier molecular flexibility index (Phi) is 4.24. The summed E-state index contributed by atoms with van der Waals surface area (Å²) >= 11 is 0. The molecular weight excluding hydrogens is 276 g/mol. The van der Waals surface area contributed by atoms with Crippen LogP contribution in [-0.2, 0) is 6.42 Å². The molecule has 1 N–H and O–H groups in total. The maximum atomic E-state index is 13.6. The minimum Gasteiger partial charge on any atom is -0.339 e. The van der Waals surface area contributed by atoms with Gasteiger partial charge in [0, 0.05) is 5.56 Å². The molecule has 1 fully saturated rings. The van der Waals surface area contributed by atoms with Crippen LogP contribution in [-0.4, -0.2) is 16.7 Å². The first-order chi connectivity index (χ1) is 10.2. The molecule has 0 spiro atoms. The van der Waals surface area contributed by atoms with Gasteiger partial charge >= 0.3 is 0 Å². The number of rotatable bonds is 3. The van der Waals surface area contributed by atoms with E-state index in [9.17, 15) is 8.78 Å². The van der Waals surface area contributed by atoms with E-state index in [1.807, 2.05) is 0 Å². The van der Waals surface area contributed by atoms with Crippen LogP contribution in [0.15, 0.2) is 22.7 Å². The van der Waals surface area contributed by atoms with Crippen molar-refractivity contribution in [2.75, 3.05) is 6.54 Å². The number of benzene rings is 1. The van der Waals surface area contributed by atoms with Gasteiger partial charge in [0.2, 0.25) is 5.89 Å². The Bertz CT molecular complexity index is 586. The van der Waals surface area contributed by atoms with E-state index in [4.69, 9.17) is 4.52 Å². The van der Waals surface area contributed by atoms with Crippen LogP contribution in [0.3, 0.4) is 0 Å². The summed E-state index contributed by atoms with van der Waals surface area (Å²) in [5.41, 5.74) is -0.0403. The van der Waals surface area contributed by atoms with Gasteiger partial charge in [0.15, 0.2) is 5.82 Å². The molecular formula is C15H17F2N3O. The van der Waals surface area contributed by atoms with Crippen molar-refractivity contribution in [3.63, 3.8) is 0 Å². The Morgan fingerprint density at radius 3 is 2.81 bits per heavy atom. The van der Waals surface area contributed by atoms with Gasteiger partial charge in [0.25, 0.3) is 0 Å². The SMILES string of the molecule is Fc1cccc(F)c1Cc1nc(C2CCCCCN2)no1. The molecule has 112 valence electrons.